The first-order chi connectivity index (χ1) is 24.5. The van der Waals surface area contributed by atoms with E-state index in [0.29, 0.717) is 11.5 Å². The van der Waals surface area contributed by atoms with Gasteiger partial charge in [-0.15, -0.1) is 11.3 Å². The van der Waals surface area contributed by atoms with Crippen LogP contribution >= 0.6 is 11.3 Å². The normalized spacial score (nSPS) is 12.9. The van der Waals surface area contributed by atoms with E-state index in [1.165, 1.54) is 15.8 Å². The number of imidazole rings is 2. The van der Waals surface area contributed by atoms with Gasteiger partial charge in [0.25, 0.3) is 0 Å². The summed E-state index contributed by atoms with van der Waals surface area (Å²) < 4.78 is 20.2. The van der Waals surface area contributed by atoms with Crippen LogP contribution in [0.25, 0.3) is 76.3 Å². The SMILES string of the molecule is CC(C)(C)c1ccnc(-c2cc(Oc3ccc4c(c3)n(-c3cc(C(C)(C)C)ccn3)c3nc5ccccc5n43)c3oc4cccc5sc2c3c45)c1. The first-order valence-electron chi connectivity index (χ1n) is 17.3. The van der Waals surface area contributed by atoms with Crippen LogP contribution in [-0.4, -0.2) is 23.9 Å². The zero-order valence-corrected chi connectivity index (χ0v) is 30.1. The number of pyridine rings is 2. The molecule has 0 fully saturated rings. The van der Waals surface area contributed by atoms with Gasteiger partial charge in [-0.1, -0.05) is 59.7 Å². The zero-order chi connectivity index (χ0) is 34.8. The lowest BCUT2D eigenvalue weighted by Gasteiger charge is -2.19. The predicted octanol–water partition coefficient (Wildman–Crippen LogP) is 11.8. The smallest absolute Gasteiger partial charge is 0.221 e. The summed E-state index contributed by atoms with van der Waals surface area (Å²) >= 11 is 1.78. The van der Waals surface area contributed by atoms with Gasteiger partial charge in [0.2, 0.25) is 5.78 Å². The summed E-state index contributed by atoms with van der Waals surface area (Å²) in [4.78, 5) is 14.9. The number of fused-ring (bicyclic) bond motifs is 5. The number of nitrogens with zero attached hydrogens (tertiary/aromatic N) is 5. The van der Waals surface area contributed by atoms with Crippen LogP contribution in [0.15, 0.2) is 108 Å². The number of hydrogen-bond donors (Lipinski definition) is 0. The molecule has 51 heavy (non-hydrogen) atoms. The van der Waals surface area contributed by atoms with Crippen molar-refractivity contribution in [3.63, 3.8) is 0 Å². The molecule has 6 heterocycles. The molecule has 0 aliphatic rings. The Balaban J connectivity index is 1.20. The number of aromatic nitrogens is 5. The molecule has 0 saturated carbocycles. The molecule has 0 N–H and O–H groups in total. The van der Waals surface area contributed by atoms with E-state index in [1.54, 1.807) is 11.3 Å². The molecular formula is C43H35N5O2S. The van der Waals surface area contributed by atoms with E-state index in [1.807, 2.05) is 30.6 Å². The maximum atomic E-state index is 6.90. The lowest BCUT2D eigenvalue weighted by atomic mass is 9.87. The maximum Gasteiger partial charge on any atom is 0.221 e. The second kappa shape index (κ2) is 10.4. The highest BCUT2D eigenvalue weighted by Gasteiger charge is 2.26. The minimum absolute atomic E-state index is 0.0167. The summed E-state index contributed by atoms with van der Waals surface area (Å²) in [7, 11) is 0. The average Bonchev–Trinajstić information content (AvgIpc) is 3.87. The molecule has 0 aliphatic carbocycles. The molecule has 6 aromatic heterocycles. The molecule has 250 valence electrons. The molecule has 8 heteroatoms. The summed E-state index contributed by atoms with van der Waals surface area (Å²) in [5.74, 6) is 2.94. The second-order valence-corrected chi connectivity index (χ2v) is 16.5. The van der Waals surface area contributed by atoms with Crippen molar-refractivity contribution in [2.75, 3.05) is 0 Å². The fraction of sp³-hybridized carbons (Fsp3) is 0.186. The van der Waals surface area contributed by atoms with Gasteiger partial charge in [0, 0.05) is 38.8 Å². The quantitative estimate of drug-likeness (QED) is 0.184. The van der Waals surface area contributed by atoms with Gasteiger partial charge in [0.15, 0.2) is 11.3 Å². The van der Waals surface area contributed by atoms with Crippen LogP contribution in [0.2, 0.25) is 0 Å². The Morgan fingerprint density at radius 2 is 1.49 bits per heavy atom. The summed E-state index contributed by atoms with van der Waals surface area (Å²) in [6.07, 6.45) is 3.80. The fourth-order valence-electron chi connectivity index (χ4n) is 7.32. The van der Waals surface area contributed by atoms with Gasteiger partial charge in [0.1, 0.15) is 17.2 Å². The molecule has 7 nitrogen and oxygen atoms in total. The van der Waals surface area contributed by atoms with Crippen molar-refractivity contribution < 1.29 is 9.15 Å². The topological polar surface area (TPSA) is 70.4 Å². The van der Waals surface area contributed by atoms with Gasteiger partial charge >= 0.3 is 0 Å². The van der Waals surface area contributed by atoms with Crippen LogP contribution in [0.3, 0.4) is 0 Å². The molecule has 0 spiro atoms. The highest BCUT2D eigenvalue weighted by Crippen LogP contribution is 2.50. The molecule has 0 atom stereocenters. The third-order valence-electron chi connectivity index (χ3n) is 10.0. The Hall–Kier alpha value is -5.73. The van der Waals surface area contributed by atoms with E-state index in [-0.39, 0.29) is 10.8 Å². The van der Waals surface area contributed by atoms with E-state index in [2.05, 4.69) is 123 Å². The molecule has 10 aromatic rings. The number of hydrogen-bond acceptors (Lipinski definition) is 6. The highest BCUT2D eigenvalue weighted by molar-refractivity contribution is 7.26. The van der Waals surface area contributed by atoms with Crippen molar-refractivity contribution in [2.45, 2.75) is 52.4 Å². The maximum absolute atomic E-state index is 6.90. The molecule has 10 rings (SSSR count). The van der Waals surface area contributed by atoms with Gasteiger partial charge in [-0.25, -0.2) is 9.97 Å². The standard InChI is InChI=1S/C43H35N5O2S/c1-42(2,3)24-16-18-44-29(20-24)27-23-34(39-38-37-33(50-39)12-9-13-35(37)51-40(27)38)49-26-14-15-31-32(22-26)48(36-21-25(17-19-45-36)43(4,5)6)41-46-28-10-7-8-11-30(28)47(31)41/h7-23H,1-6H3. The van der Waals surface area contributed by atoms with Gasteiger partial charge in [-0.05, 0) is 88.7 Å². The lowest BCUT2D eigenvalue weighted by molar-refractivity contribution is 0.477. The van der Waals surface area contributed by atoms with Crippen molar-refractivity contribution >= 4 is 70.5 Å². The van der Waals surface area contributed by atoms with Crippen LogP contribution in [-0.2, 0) is 10.8 Å². The molecule has 4 aromatic carbocycles. The van der Waals surface area contributed by atoms with E-state index in [4.69, 9.17) is 24.1 Å². The fourth-order valence-corrected chi connectivity index (χ4v) is 8.56. The van der Waals surface area contributed by atoms with E-state index >= 15 is 0 Å². The number of rotatable bonds is 4. The second-order valence-electron chi connectivity index (χ2n) is 15.4. The Labute approximate surface area is 298 Å². The van der Waals surface area contributed by atoms with Crippen molar-refractivity contribution in [1.82, 2.24) is 23.9 Å². The molecule has 0 bridgehead atoms. The summed E-state index contributed by atoms with van der Waals surface area (Å²) in [5.41, 5.74) is 9.84. The Kier molecular flexibility index (Phi) is 6.14. The first kappa shape index (κ1) is 30.1. The third kappa shape index (κ3) is 4.52. The summed E-state index contributed by atoms with van der Waals surface area (Å²) in [6.45, 7) is 13.3. The third-order valence-corrected chi connectivity index (χ3v) is 11.2. The van der Waals surface area contributed by atoms with E-state index in [9.17, 15) is 0 Å². The number of benzene rings is 4. The first-order valence-corrected chi connectivity index (χ1v) is 18.1. The number of furan rings is 1. The Bertz CT molecular complexity index is 2980. The largest absolute Gasteiger partial charge is 0.453 e. The van der Waals surface area contributed by atoms with Crippen LogP contribution < -0.4 is 4.74 Å². The Morgan fingerprint density at radius 1 is 0.706 bits per heavy atom. The van der Waals surface area contributed by atoms with Crippen molar-refractivity contribution in [3.05, 3.63) is 115 Å². The van der Waals surface area contributed by atoms with E-state index < -0.39 is 0 Å². The van der Waals surface area contributed by atoms with E-state index in [0.717, 1.165) is 71.6 Å². The molecular weight excluding hydrogens is 651 g/mol. The molecule has 0 saturated heterocycles. The highest BCUT2D eigenvalue weighted by atomic mass is 32.1. The minimum Gasteiger partial charge on any atom is -0.453 e. The molecule has 0 radical (unpaired) electrons. The minimum atomic E-state index is -0.0454. The molecule has 0 unspecified atom stereocenters. The van der Waals surface area contributed by atoms with Gasteiger partial charge < -0.3 is 9.15 Å². The number of para-hydroxylation sites is 2. The Morgan fingerprint density at radius 3 is 2.31 bits per heavy atom. The molecule has 0 amide bonds. The van der Waals surface area contributed by atoms with Crippen LogP contribution in [0.1, 0.15) is 52.7 Å². The van der Waals surface area contributed by atoms with Crippen molar-refractivity contribution in [3.8, 4) is 28.6 Å². The summed E-state index contributed by atoms with van der Waals surface area (Å²) in [6, 6.07) is 31.4. The number of thiophene rings is 1. The van der Waals surface area contributed by atoms with Gasteiger partial charge in [-0.2, -0.15) is 0 Å². The monoisotopic (exact) mass is 685 g/mol. The summed E-state index contributed by atoms with van der Waals surface area (Å²) in [5, 5.41) is 2.21. The average molecular weight is 686 g/mol. The van der Waals surface area contributed by atoms with Crippen molar-refractivity contribution in [1.29, 1.82) is 0 Å². The van der Waals surface area contributed by atoms with Gasteiger partial charge in [0.05, 0.1) is 33.1 Å². The van der Waals surface area contributed by atoms with Gasteiger partial charge in [-0.3, -0.25) is 14.0 Å². The lowest BCUT2D eigenvalue weighted by Crippen LogP contribution is -2.12. The number of ether oxygens (including phenoxy) is 1. The predicted molar refractivity (Wildman–Crippen MR) is 208 cm³/mol. The van der Waals surface area contributed by atoms with Crippen LogP contribution in [0.5, 0.6) is 11.5 Å². The van der Waals surface area contributed by atoms with Crippen LogP contribution in [0.4, 0.5) is 0 Å². The van der Waals surface area contributed by atoms with Crippen LogP contribution in [0, 0.1) is 0 Å². The van der Waals surface area contributed by atoms with Crippen molar-refractivity contribution in [2.24, 2.45) is 0 Å². The molecule has 0 aliphatic heterocycles. The zero-order valence-electron chi connectivity index (χ0n) is 29.3.